The lowest BCUT2D eigenvalue weighted by molar-refractivity contribution is 0.680. The summed E-state index contributed by atoms with van der Waals surface area (Å²) in [5.74, 6) is 0. The van der Waals surface area contributed by atoms with Crippen LogP contribution in [0.3, 0.4) is 0 Å². The van der Waals surface area contributed by atoms with Crippen LogP contribution in [0.25, 0.3) is 0 Å². The summed E-state index contributed by atoms with van der Waals surface area (Å²) in [6.45, 7) is 4.40. The quantitative estimate of drug-likeness (QED) is 0.895. The van der Waals surface area contributed by atoms with Crippen LogP contribution in [0.15, 0.2) is 54.6 Å². The van der Waals surface area contributed by atoms with Crippen molar-refractivity contribution in [1.82, 2.24) is 0 Å². The van der Waals surface area contributed by atoms with Gasteiger partial charge in [-0.3, -0.25) is 0 Å². The average Bonchev–Trinajstić information content (AvgIpc) is 2.90. The Morgan fingerprint density at radius 3 is 2.63 bits per heavy atom. The van der Waals surface area contributed by atoms with E-state index in [1.54, 1.807) is 0 Å². The van der Waals surface area contributed by atoms with E-state index in [9.17, 15) is 0 Å². The Morgan fingerprint density at radius 1 is 1.05 bits per heavy atom. The van der Waals surface area contributed by atoms with Crippen LogP contribution in [-0.4, -0.2) is 19.1 Å². The summed E-state index contributed by atoms with van der Waals surface area (Å²) < 4.78 is 0. The molecule has 1 heterocycles. The summed E-state index contributed by atoms with van der Waals surface area (Å²) in [7, 11) is 0. The third-order valence-electron chi connectivity index (χ3n) is 3.83. The number of fused-ring (bicyclic) bond motifs is 1. The minimum Gasteiger partial charge on any atom is -0.383 e. The Labute approximate surface area is 115 Å². The van der Waals surface area contributed by atoms with Crippen molar-refractivity contribution in [2.45, 2.75) is 19.4 Å². The number of rotatable bonds is 4. The lowest BCUT2D eigenvalue weighted by atomic mass is 10.2. The van der Waals surface area contributed by atoms with E-state index in [4.69, 9.17) is 0 Å². The fraction of sp³-hybridized carbons (Fsp3) is 0.294. The molecule has 0 saturated heterocycles. The Kier molecular flexibility index (Phi) is 3.41. The number of hydrogen-bond donors (Lipinski definition) is 1. The molecular weight excluding hydrogens is 232 g/mol. The van der Waals surface area contributed by atoms with Gasteiger partial charge in [0.2, 0.25) is 0 Å². The van der Waals surface area contributed by atoms with E-state index >= 15 is 0 Å². The van der Waals surface area contributed by atoms with Gasteiger partial charge < -0.3 is 10.2 Å². The van der Waals surface area contributed by atoms with Crippen molar-refractivity contribution in [2.24, 2.45) is 0 Å². The minimum absolute atomic E-state index is 0.504. The Morgan fingerprint density at radius 2 is 1.79 bits per heavy atom. The van der Waals surface area contributed by atoms with Gasteiger partial charge in [0.15, 0.2) is 0 Å². The molecule has 1 unspecified atom stereocenters. The summed E-state index contributed by atoms with van der Waals surface area (Å²) >= 11 is 0. The average molecular weight is 252 g/mol. The first-order valence-corrected chi connectivity index (χ1v) is 6.98. The van der Waals surface area contributed by atoms with Gasteiger partial charge in [-0.1, -0.05) is 36.4 Å². The van der Waals surface area contributed by atoms with Crippen molar-refractivity contribution >= 4 is 11.4 Å². The molecule has 0 spiro atoms. The van der Waals surface area contributed by atoms with Crippen LogP contribution in [0, 0.1) is 0 Å². The van der Waals surface area contributed by atoms with Crippen molar-refractivity contribution in [3.05, 3.63) is 60.2 Å². The second-order valence-corrected chi connectivity index (χ2v) is 5.17. The fourth-order valence-corrected chi connectivity index (χ4v) is 2.75. The second kappa shape index (κ2) is 5.35. The second-order valence-electron chi connectivity index (χ2n) is 5.17. The van der Waals surface area contributed by atoms with E-state index in [0.717, 1.165) is 13.1 Å². The molecule has 3 rings (SSSR count). The van der Waals surface area contributed by atoms with E-state index in [0.29, 0.717) is 6.04 Å². The van der Waals surface area contributed by atoms with Gasteiger partial charge in [-0.25, -0.2) is 0 Å². The molecule has 2 nitrogen and oxygen atoms in total. The molecule has 2 aromatic rings. The minimum atomic E-state index is 0.504. The van der Waals surface area contributed by atoms with Gasteiger partial charge in [0.05, 0.1) is 0 Å². The third kappa shape index (κ3) is 2.58. The molecule has 0 aromatic heterocycles. The highest BCUT2D eigenvalue weighted by atomic mass is 15.2. The van der Waals surface area contributed by atoms with Gasteiger partial charge >= 0.3 is 0 Å². The molecule has 2 heteroatoms. The third-order valence-corrected chi connectivity index (χ3v) is 3.83. The van der Waals surface area contributed by atoms with E-state index in [1.807, 2.05) is 6.07 Å². The van der Waals surface area contributed by atoms with Gasteiger partial charge in [0.1, 0.15) is 0 Å². The Bertz CT molecular complexity index is 536. The number of hydrogen-bond acceptors (Lipinski definition) is 2. The number of nitrogens with zero attached hydrogens (tertiary/aromatic N) is 1. The summed E-state index contributed by atoms with van der Waals surface area (Å²) in [4.78, 5) is 2.51. The number of nitrogens with one attached hydrogen (secondary N) is 1. The maximum atomic E-state index is 3.51. The van der Waals surface area contributed by atoms with Crippen molar-refractivity contribution in [2.75, 3.05) is 23.3 Å². The molecule has 0 fully saturated rings. The van der Waals surface area contributed by atoms with Crippen molar-refractivity contribution < 1.29 is 0 Å². The monoisotopic (exact) mass is 252 g/mol. The van der Waals surface area contributed by atoms with Crippen LogP contribution in [0.4, 0.5) is 11.4 Å². The number of benzene rings is 2. The zero-order valence-corrected chi connectivity index (χ0v) is 11.3. The zero-order chi connectivity index (χ0) is 13.1. The number of anilines is 2. The maximum Gasteiger partial charge on any atom is 0.0434 e. The normalized spacial score (nSPS) is 15.1. The zero-order valence-electron chi connectivity index (χ0n) is 11.3. The molecule has 98 valence electrons. The van der Waals surface area contributed by atoms with Crippen LogP contribution in [0.2, 0.25) is 0 Å². The van der Waals surface area contributed by atoms with Crippen LogP contribution >= 0.6 is 0 Å². The highest BCUT2D eigenvalue weighted by molar-refractivity contribution is 5.58. The lowest BCUT2D eigenvalue weighted by Crippen LogP contribution is -2.36. The van der Waals surface area contributed by atoms with Crippen LogP contribution in [-0.2, 0) is 6.42 Å². The lowest BCUT2D eigenvalue weighted by Gasteiger charge is -2.27. The van der Waals surface area contributed by atoms with Crippen LogP contribution in [0.1, 0.15) is 12.5 Å². The van der Waals surface area contributed by atoms with Gasteiger partial charge in [-0.05, 0) is 37.1 Å². The largest absolute Gasteiger partial charge is 0.383 e. The molecule has 0 amide bonds. The summed E-state index contributed by atoms with van der Waals surface area (Å²) in [5, 5.41) is 3.51. The van der Waals surface area contributed by atoms with Crippen molar-refractivity contribution in [3.63, 3.8) is 0 Å². The Hall–Kier alpha value is -1.96. The molecule has 1 atom stereocenters. The number of para-hydroxylation sites is 2. The van der Waals surface area contributed by atoms with Crippen LogP contribution in [0.5, 0.6) is 0 Å². The molecule has 1 aliphatic rings. The van der Waals surface area contributed by atoms with E-state index in [-0.39, 0.29) is 0 Å². The summed E-state index contributed by atoms with van der Waals surface area (Å²) in [6.07, 6.45) is 1.17. The summed E-state index contributed by atoms with van der Waals surface area (Å²) in [6, 6.07) is 19.7. The van der Waals surface area contributed by atoms with Crippen molar-refractivity contribution in [3.8, 4) is 0 Å². The summed E-state index contributed by atoms with van der Waals surface area (Å²) in [5.41, 5.74) is 4.08. The molecule has 1 aliphatic heterocycles. The first-order chi connectivity index (χ1) is 9.34. The van der Waals surface area contributed by atoms with Gasteiger partial charge in [0.25, 0.3) is 0 Å². The first-order valence-electron chi connectivity index (χ1n) is 6.98. The molecule has 0 bridgehead atoms. The highest BCUT2D eigenvalue weighted by Gasteiger charge is 2.22. The molecule has 0 radical (unpaired) electrons. The Balaban J connectivity index is 1.64. The van der Waals surface area contributed by atoms with Gasteiger partial charge in [-0.2, -0.15) is 0 Å². The SMILES string of the molecule is CC(CNc1ccccc1)N1CCc2ccccc21. The molecular formula is C17H20N2. The standard InChI is InChI=1S/C17H20N2/c1-14(13-18-16-8-3-2-4-9-16)19-12-11-15-7-5-6-10-17(15)19/h2-10,14,18H,11-13H2,1H3. The fourth-order valence-electron chi connectivity index (χ4n) is 2.75. The van der Waals surface area contributed by atoms with Gasteiger partial charge in [0, 0.05) is 30.5 Å². The van der Waals surface area contributed by atoms with Crippen LogP contribution < -0.4 is 10.2 Å². The molecule has 0 aliphatic carbocycles. The predicted octanol–water partition coefficient (Wildman–Crippen LogP) is 3.55. The van der Waals surface area contributed by atoms with E-state index < -0.39 is 0 Å². The molecule has 1 N–H and O–H groups in total. The molecule has 0 saturated carbocycles. The predicted molar refractivity (Wildman–Crippen MR) is 81.9 cm³/mol. The molecule has 2 aromatic carbocycles. The topological polar surface area (TPSA) is 15.3 Å². The highest BCUT2D eigenvalue weighted by Crippen LogP contribution is 2.29. The van der Waals surface area contributed by atoms with Gasteiger partial charge in [-0.15, -0.1) is 0 Å². The van der Waals surface area contributed by atoms with E-state index in [2.05, 4.69) is 65.7 Å². The van der Waals surface area contributed by atoms with E-state index in [1.165, 1.54) is 23.4 Å². The first kappa shape index (κ1) is 12.1. The molecule has 19 heavy (non-hydrogen) atoms. The van der Waals surface area contributed by atoms with Crippen molar-refractivity contribution in [1.29, 1.82) is 0 Å². The maximum absolute atomic E-state index is 3.51. The smallest absolute Gasteiger partial charge is 0.0434 e.